The molecule has 0 radical (unpaired) electrons. The average molecular weight is 257 g/mol. The number of para-hydroxylation sites is 1. The fraction of sp³-hybridized carbons (Fsp3) is 0.250. The Morgan fingerprint density at radius 2 is 1.47 bits per heavy atom. The maximum atomic E-state index is 9.05. The lowest BCUT2D eigenvalue weighted by Crippen LogP contribution is -1.98. The molecule has 0 saturated heterocycles. The lowest BCUT2D eigenvalue weighted by Gasteiger charge is -2.11. The molecule has 2 aromatic rings. The van der Waals surface area contributed by atoms with E-state index in [4.69, 9.17) is 10.2 Å². The number of anilines is 2. The molecule has 0 heterocycles. The van der Waals surface area contributed by atoms with E-state index in [0.29, 0.717) is 12.8 Å². The Balaban J connectivity index is 2.12. The van der Waals surface area contributed by atoms with E-state index in [2.05, 4.69) is 5.32 Å². The minimum atomic E-state index is 0.147. The van der Waals surface area contributed by atoms with Gasteiger partial charge in [-0.05, 0) is 42.2 Å². The van der Waals surface area contributed by atoms with Crippen LogP contribution in [0, 0.1) is 0 Å². The third kappa shape index (κ3) is 3.81. The molecule has 0 aliphatic carbocycles. The van der Waals surface area contributed by atoms with E-state index < -0.39 is 0 Å². The third-order valence-electron chi connectivity index (χ3n) is 3.03. The number of hydrogen-bond donors (Lipinski definition) is 3. The van der Waals surface area contributed by atoms with Crippen LogP contribution in [0.2, 0.25) is 0 Å². The van der Waals surface area contributed by atoms with Crippen LogP contribution < -0.4 is 5.32 Å². The number of rotatable bonds is 6. The van der Waals surface area contributed by atoms with Gasteiger partial charge in [0.05, 0.1) is 0 Å². The van der Waals surface area contributed by atoms with Gasteiger partial charge in [0, 0.05) is 24.6 Å². The van der Waals surface area contributed by atoms with E-state index in [9.17, 15) is 0 Å². The summed E-state index contributed by atoms with van der Waals surface area (Å²) in [6.45, 7) is 0.320. The molecule has 0 unspecified atom stereocenters. The highest BCUT2D eigenvalue weighted by molar-refractivity contribution is 5.63. The number of hydrogen-bond acceptors (Lipinski definition) is 3. The summed E-state index contributed by atoms with van der Waals surface area (Å²) in [6.07, 6.45) is 1.33. The van der Waals surface area contributed by atoms with Crippen LogP contribution >= 0.6 is 0 Å². The summed E-state index contributed by atoms with van der Waals surface area (Å²) < 4.78 is 0. The molecule has 0 aliphatic rings. The van der Waals surface area contributed by atoms with Gasteiger partial charge in [-0.15, -0.1) is 0 Å². The Morgan fingerprint density at radius 3 is 2.16 bits per heavy atom. The normalized spacial score (nSPS) is 10.4. The average Bonchev–Trinajstić information content (AvgIpc) is 2.44. The van der Waals surface area contributed by atoms with Crippen LogP contribution in [0.5, 0.6) is 0 Å². The van der Waals surface area contributed by atoms with Gasteiger partial charge in [-0.3, -0.25) is 0 Å². The largest absolute Gasteiger partial charge is 0.396 e. The lowest BCUT2D eigenvalue weighted by molar-refractivity contribution is 0.299. The topological polar surface area (TPSA) is 52.5 Å². The molecule has 0 saturated carbocycles. The lowest BCUT2D eigenvalue weighted by atomic mass is 10.1. The molecule has 0 spiro atoms. The van der Waals surface area contributed by atoms with Crippen molar-refractivity contribution in [3.8, 4) is 0 Å². The highest BCUT2D eigenvalue weighted by Crippen LogP contribution is 2.21. The van der Waals surface area contributed by atoms with E-state index in [-0.39, 0.29) is 13.2 Å². The first-order valence-electron chi connectivity index (χ1n) is 6.49. The van der Waals surface area contributed by atoms with Crippen molar-refractivity contribution in [2.45, 2.75) is 12.8 Å². The molecule has 0 fully saturated rings. The molecule has 3 N–H and O–H groups in total. The highest BCUT2D eigenvalue weighted by Gasteiger charge is 2.01. The van der Waals surface area contributed by atoms with Gasteiger partial charge < -0.3 is 15.5 Å². The van der Waals surface area contributed by atoms with Crippen molar-refractivity contribution in [3.05, 3.63) is 59.7 Å². The van der Waals surface area contributed by atoms with E-state index in [1.807, 2.05) is 48.5 Å². The Labute approximate surface area is 113 Å². The van der Waals surface area contributed by atoms with Crippen molar-refractivity contribution in [2.75, 3.05) is 18.5 Å². The zero-order valence-electron chi connectivity index (χ0n) is 10.8. The summed E-state index contributed by atoms with van der Waals surface area (Å²) in [4.78, 5) is 0. The molecule has 2 rings (SSSR count). The minimum absolute atomic E-state index is 0.147. The Bertz CT molecular complexity index is 508. The first-order valence-corrected chi connectivity index (χ1v) is 6.49. The van der Waals surface area contributed by atoms with Crippen molar-refractivity contribution in [1.29, 1.82) is 0 Å². The van der Waals surface area contributed by atoms with Crippen molar-refractivity contribution in [2.24, 2.45) is 0 Å². The Hall–Kier alpha value is -1.84. The van der Waals surface area contributed by atoms with E-state index in [1.54, 1.807) is 0 Å². The summed E-state index contributed by atoms with van der Waals surface area (Å²) in [5.74, 6) is 0. The molecule has 19 heavy (non-hydrogen) atoms. The molecule has 0 atom stereocenters. The second kappa shape index (κ2) is 6.92. The van der Waals surface area contributed by atoms with Gasteiger partial charge in [-0.1, -0.05) is 30.3 Å². The molecular formula is C16H19NO2. The smallest absolute Gasteiger partial charge is 0.0472 e. The van der Waals surface area contributed by atoms with Gasteiger partial charge in [0.1, 0.15) is 0 Å². The van der Waals surface area contributed by atoms with Gasteiger partial charge in [0.2, 0.25) is 0 Å². The first-order chi connectivity index (χ1) is 9.33. The van der Waals surface area contributed by atoms with Gasteiger partial charge in [-0.2, -0.15) is 0 Å². The van der Waals surface area contributed by atoms with Crippen molar-refractivity contribution < 1.29 is 10.2 Å². The highest BCUT2D eigenvalue weighted by atomic mass is 16.3. The van der Waals surface area contributed by atoms with Crippen LogP contribution in [-0.2, 0) is 12.8 Å². The molecule has 100 valence electrons. The van der Waals surface area contributed by atoms with Crippen LogP contribution in [0.4, 0.5) is 11.4 Å². The summed E-state index contributed by atoms with van der Waals surface area (Å²) in [7, 11) is 0. The summed E-state index contributed by atoms with van der Waals surface area (Å²) in [5, 5.41) is 21.3. The number of aliphatic hydroxyl groups excluding tert-OH is 2. The maximum Gasteiger partial charge on any atom is 0.0472 e. The standard InChI is InChI=1S/C16H19NO2/c18-11-9-13-5-7-15(8-6-13)17-16-4-2-1-3-14(16)10-12-19/h1-8,17-19H,9-12H2. The molecule has 3 heteroatoms. The number of aliphatic hydroxyl groups is 2. The fourth-order valence-corrected chi connectivity index (χ4v) is 2.02. The quantitative estimate of drug-likeness (QED) is 0.745. The second-order valence-corrected chi connectivity index (χ2v) is 4.43. The molecule has 0 amide bonds. The van der Waals surface area contributed by atoms with Crippen LogP contribution in [0.3, 0.4) is 0 Å². The van der Waals surface area contributed by atoms with Crippen LogP contribution in [0.15, 0.2) is 48.5 Å². The number of benzene rings is 2. The summed E-state index contributed by atoms with van der Waals surface area (Å²) in [6, 6.07) is 16.0. The van der Waals surface area contributed by atoms with Crippen LogP contribution in [-0.4, -0.2) is 23.4 Å². The first kappa shape index (κ1) is 13.6. The van der Waals surface area contributed by atoms with Gasteiger partial charge in [0.25, 0.3) is 0 Å². The van der Waals surface area contributed by atoms with Gasteiger partial charge in [0.15, 0.2) is 0 Å². The maximum absolute atomic E-state index is 9.05. The summed E-state index contributed by atoms with van der Waals surface area (Å²) in [5.41, 5.74) is 4.25. The second-order valence-electron chi connectivity index (χ2n) is 4.43. The van der Waals surface area contributed by atoms with E-state index >= 15 is 0 Å². The molecule has 0 aliphatic heterocycles. The third-order valence-corrected chi connectivity index (χ3v) is 3.03. The van der Waals surface area contributed by atoms with E-state index in [0.717, 1.165) is 22.5 Å². The zero-order valence-corrected chi connectivity index (χ0v) is 10.8. The Kier molecular flexibility index (Phi) is 4.95. The van der Waals surface area contributed by atoms with Crippen LogP contribution in [0.25, 0.3) is 0 Å². The molecule has 0 bridgehead atoms. The van der Waals surface area contributed by atoms with Crippen molar-refractivity contribution >= 4 is 11.4 Å². The predicted octanol–water partition coefficient (Wildman–Crippen LogP) is 2.50. The van der Waals surface area contributed by atoms with Gasteiger partial charge in [-0.25, -0.2) is 0 Å². The number of nitrogens with one attached hydrogen (secondary N) is 1. The molecule has 0 aromatic heterocycles. The van der Waals surface area contributed by atoms with Gasteiger partial charge >= 0.3 is 0 Å². The molecule has 2 aromatic carbocycles. The molecular weight excluding hydrogens is 238 g/mol. The van der Waals surface area contributed by atoms with Crippen LogP contribution in [0.1, 0.15) is 11.1 Å². The molecule has 3 nitrogen and oxygen atoms in total. The van der Waals surface area contributed by atoms with E-state index in [1.165, 1.54) is 0 Å². The van der Waals surface area contributed by atoms with Crippen molar-refractivity contribution in [1.82, 2.24) is 0 Å². The predicted molar refractivity (Wildman–Crippen MR) is 77.7 cm³/mol. The summed E-state index contributed by atoms with van der Waals surface area (Å²) >= 11 is 0. The minimum Gasteiger partial charge on any atom is -0.396 e. The SMILES string of the molecule is OCCc1ccc(Nc2ccccc2CCO)cc1. The zero-order chi connectivity index (χ0) is 13.5. The fourth-order valence-electron chi connectivity index (χ4n) is 2.02. The monoisotopic (exact) mass is 257 g/mol. The Morgan fingerprint density at radius 1 is 0.789 bits per heavy atom. The van der Waals surface area contributed by atoms with Crippen molar-refractivity contribution in [3.63, 3.8) is 0 Å².